The number of Topliss-reactive ketones (excluding diaryl/α,β-unsaturated/α-hetero) is 2. The molecule has 2 atom stereocenters. The first-order valence-electron chi connectivity index (χ1n) is 16.9. The van der Waals surface area contributed by atoms with Crippen LogP contribution in [-0.2, 0) is 24.1 Å². The number of aromatic nitrogens is 2. The van der Waals surface area contributed by atoms with Gasteiger partial charge in [0.25, 0.3) is 0 Å². The van der Waals surface area contributed by atoms with Crippen LogP contribution in [0, 0.1) is 5.92 Å². The van der Waals surface area contributed by atoms with E-state index in [9.17, 15) is 14.4 Å². The van der Waals surface area contributed by atoms with Gasteiger partial charge in [-0.25, -0.2) is 4.98 Å². The fourth-order valence-electron chi connectivity index (χ4n) is 7.15. The van der Waals surface area contributed by atoms with E-state index >= 15 is 0 Å². The third-order valence-corrected chi connectivity index (χ3v) is 10.1. The van der Waals surface area contributed by atoms with Gasteiger partial charge in [0.05, 0.1) is 44.3 Å². The van der Waals surface area contributed by atoms with Gasteiger partial charge in [0.1, 0.15) is 45.2 Å². The molecule has 1 amide bonds. The van der Waals surface area contributed by atoms with Crippen molar-refractivity contribution in [3.8, 4) is 34.3 Å². The third-order valence-electron chi connectivity index (χ3n) is 9.79. The number of rotatable bonds is 12. The second-order valence-corrected chi connectivity index (χ2v) is 13.3. The molecule has 1 aliphatic heterocycles. The Morgan fingerprint density at radius 3 is 2.45 bits per heavy atom. The van der Waals surface area contributed by atoms with Crippen molar-refractivity contribution in [2.75, 3.05) is 27.9 Å². The fraction of sp³-hybridized carbons (Fsp3) is 0.333. The van der Waals surface area contributed by atoms with Gasteiger partial charge < -0.3 is 33.7 Å². The lowest BCUT2D eigenvalue weighted by Gasteiger charge is -2.35. The van der Waals surface area contributed by atoms with Crippen LogP contribution in [0.25, 0.3) is 22.4 Å². The van der Waals surface area contributed by atoms with Crippen LogP contribution in [0.5, 0.6) is 23.0 Å². The number of para-hydroxylation sites is 2. The first-order chi connectivity index (χ1) is 24.7. The van der Waals surface area contributed by atoms with Gasteiger partial charge in [-0.3, -0.25) is 14.4 Å². The number of furan rings is 1. The quantitative estimate of drug-likeness (QED) is 0.104. The topological polar surface area (TPSA) is 142 Å². The van der Waals surface area contributed by atoms with Gasteiger partial charge in [-0.05, 0) is 49.2 Å². The minimum atomic E-state index is -1.94. The maximum Gasteiger partial charge on any atom is 0.237 e. The number of ether oxygens (including phenoxy) is 4. The maximum atomic E-state index is 14.8. The van der Waals surface area contributed by atoms with Crippen molar-refractivity contribution in [2.45, 2.75) is 51.0 Å². The molecule has 264 valence electrons. The Morgan fingerprint density at radius 1 is 0.980 bits per heavy atom. The smallest absolute Gasteiger partial charge is 0.237 e. The lowest BCUT2D eigenvalue weighted by molar-refractivity contribution is -0.120. The lowest BCUT2D eigenvalue weighted by atomic mass is 9.70. The standard InChI is InChI=1S/C39H38ClN3O8/c1-21-18-28-32(37(45)39(21)38(46)33-27(48-3)20-29(49-4)34(40)36(33)51-39)24(35(50-28)22-13-15-23(47-2)16-14-22)19-31(44)41-17-9-5-6-12-30-42-25-10-7-8-11-26(25)43-30/h7-8,10-11,13-16,20-21H,5-6,9,12,17-19H2,1-4H3,(H,41,44)(H,42,43)/t21-,39+/m1/s1. The normalized spacial score (nSPS) is 17.7. The monoisotopic (exact) mass is 711 g/mol. The Hall–Kier alpha value is -5.29. The number of halogens is 1. The summed E-state index contributed by atoms with van der Waals surface area (Å²) in [6.07, 6.45) is 3.45. The zero-order chi connectivity index (χ0) is 35.9. The van der Waals surface area contributed by atoms with Gasteiger partial charge in [0.2, 0.25) is 23.1 Å². The molecule has 0 unspecified atom stereocenters. The molecular weight excluding hydrogens is 674 g/mol. The van der Waals surface area contributed by atoms with Crippen LogP contribution in [-0.4, -0.2) is 60.9 Å². The molecule has 3 aromatic carbocycles. The number of amides is 1. The molecule has 2 aromatic heterocycles. The molecule has 0 saturated carbocycles. The highest BCUT2D eigenvalue weighted by Crippen LogP contribution is 2.54. The van der Waals surface area contributed by atoms with E-state index in [4.69, 9.17) is 35.0 Å². The third kappa shape index (κ3) is 5.89. The van der Waals surface area contributed by atoms with Crippen LogP contribution in [0.4, 0.5) is 0 Å². The van der Waals surface area contributed by atoms with E-state index in [1.807, 2.05) is 24.3 Å². The summed E-state index contributed by atoms with van der Waals surface area (Å²) >= 11 is 6.63. The van der Waals surface area contributed by atoms with Gasteiger partial charge in [0, 0.05) is 42.5 Å². The zero-order valence-electron chi connectivity index (χ0n) is 28.8. The van der Waals surface area contributed by atoms with Crippen molar-refractivity contribution >= 4 is 40.1 Å². The first-order valence-corrected chi connectivity index (χ1v) is 17.3. The van der Waals surface area contributed by atoms with Crippen molar-refractivity contribution < 1.29 is 37.7 Å². The summed E-state index contributed by atoms with van der Waals surface area (Å²) in [5, 5.41) is 3.07. The van der Waals surface area contributed by atoms with Crippen LogP contribution in [0.1, 0.15) is 64.1 Å². The molecule has 7 rings (SSSR count). The highest BCUT2D eigenvalue weighted by molar-refractivity contribution is 6.36. The van der Waals surface area contributed by atoms with Gasteiger partial charge in [0.15, 0.2) is 5.75 Å². The molecule has 0 fully saturated rings. The SMILES string of the molecule is COc1ccc(-c2oc3c(c2CC(=O)NCCCCCc2nc4ccccc4[nH]2)C(=O)[C@@]2(Oc4c(Cl)c(OC)cc(OC)c4C2=O)[C@H](C)C3)cc1. The molecule has 5 aromatic rings. The van der Waals surface area contributed by atoms with Gasteiger partial charge in [-0.15, -0.1) is 0 Å². The number of H-pyrrole nitrogens is 1. The Labute approximate surface area is 299 Å². The number of unbranched alkanes of at least 4 members (excludes halogenated alkanes) is 2. The van der Waals surface area contributed by atoms with E-state index in [0.29, 0.717) is 34.9 Å². The van der Waals surface area contributed by atoms with E-state index in [1.54, 1.807) is 38.3 Å². The Kier molecular flexibility index (Phi) is 9.24. The van der Waals surface area contributed by atoms with E-state index in [0.717, 1.165) is 42.5 Å². The van der Waals surface area contributed by atoms with Gasteiger partial charge in [-0.2, -0.15) is 0 Å². The molecule has 11 nitrogen and oxygen atoms in total. The van der Waals surface area contributed by atoms with Crippen molar-refractivity contribution in [1.29, 1.82) is 0 Å². The zero-order valence-corrected chi connectivity index (χ0v) is 29.6. The maximum absolute atomic E-state index is 14.8. The summed E-state index contributed by atoms with van der Waals surface area (Å²) in [6, 6.07) is 16.6. The van der Waals surface area contributed by atoms with Crippen LogP contribution in [0.3, 0.4) is 0 Å². The summed E-state index contributed by atoms with van der Waals surface area (Å²) in [4.78, 5) is 50.6. The minimum Gasteiger partial charge on any atom is -0.497 e. The number of hydrogen-bond donors (Lipinski definition) is 2. The summed E-state index contributed by atoms with van der Waals surface area (Å²) in [5.74, 6) is 0.735. The molecule has 2 N–H and O–H groups in total. The van der Waals surface area contributed by atoms with E-state index in [2.05, 4.69) is 15.3 Å². The second kappa shape index (κ2) is 13.8. The highest BCUT2D eigenvalue weighted by atomic mass is 35.5. The number of methoxy groups -OCH3 is 3. The fourth-order valence-corrected chi connectivity index (χ4v) is 7.41. The Bertz CT molecular complexity index is 2120. The molecule has 2 aliphatic rings. The van der Waals surface area contributed by atoms with Crippen LogP contribution in [0.15, 0.2) is 59.0 Å². The number of aromatic amines is 1. The van der Waals surface area contributed by atoms with Gasteiger partial charge >= 0.3 is 0 Å². The molecule has 1 spiro atoms. The number of carbonyl (C=O) groups is 3. The van der Waals surface area contributed by atoms with Crippen molar-refractivity contribution in [3.63, 3.8) is 0 Å². The summed E-state index contributed by atoms with van der Waals surface area (Å²) in [7, 11) is 4.43. The number of hydrogen-bond acceptors (Lipinski definition) is 9. The first kappa shape index (κ1) is 34.2. The molecule has 12 heteroatoms. The van der Waals surface area contributed by atoms with Gasteiger partial charge in [-0.1, -0.05) is 37.1 Å². The molecule has 1 aliphatic carbocycles. The van der Waals surface area contributed by atoms with Crippen LogP contribution in [0.2, 0.25) is 5.02 Å². The van der Waals surface area contributed by atoms with E-state index < -0.39 is 23.1 Å². The average Bonchev–Trinajstić information content (AvgIpc) is 3.81. The van der Waals surface area contributed by atoms with Crippen molar-refractivity contribution in [2.24, 2.45) is 5.92 Å². The molecule has 51 heavy (non-hydrogen) atoms. The number of nitrogens with one attached hydrogen (secondary N) is 2. The Morgan fingerprint density at radius 2 is 1.73 bits per heavy atom. The van der Waals surface area contributed by atoms with Crippen LogP contribution < -0.4 is 24.3 Å². The van der Waals surface area contributed by atoms with E-state index in [1.165, 1.54) is 20.3 Å². The molecule has 3 heterocycles. The molecule has 0 saturated heterocycles. The molecular formula is C39H38ClN3O8. The second-order valence-electron chi connectivity index (χ2n) is 12.9. The number of imidazole rings is 1. The summed E-state index contributed by atoms with van der Waals surface area (Å²) in [5.41, 5.74) is 1.32. The Balaban J connectivity index is 1.13. The number of carbonyl (C=O) groups excluding carboxylic acids is 3. The van der Waals surface area contributed by atoms with Crippen molar-refractivity contribution in [3.05, 3.63) is 87.9 Å². The highest BCUT2D eigenvalue weighted by Gasteiger charge is 2.63. The summed E-state index contributed by atoms with van der Waals surface area (Å²) in [6.45, 7) is 2.22. The number of nitrogens with zero attached hydrogens (tertiary/aromatic N) is 1. The molecule has 0 bridgehead atoms. The van der Waals surface area contributed by atoms with E-state index in [-0.39, 0.29) is 52.1 Å². The lowest BCUT2D eigenvalue weighted by Crippen LogP contribution is -2.56. The predicted octanol–water partition coefficient (Wildman–Crippen LogP) is 6.96. The molecule has 0 radical (unpaired) electrons. The minimum absolute atomic E-state index is 0.0278. The average molecular weight is 712 g/mol. The summed E-state index contributed by atoms with van der Waals surface area (Å²) < 4.78 is 29.0. The number of aryl methyl sites for hydroxylation is 1. The van der Waals surface area contributed by atoms with Crippen molar-refractivity contribution in [1.82, 2.24) is 15.3 Å². The number of benzene rings is 3. The van der Waals surface area contributed by atoms with Crippen LogP contribution >= 0.6 is 11.6 Å². The largest absolute Gasteiger partial charge is 0.497 e. The predicted molar refractivity (Wildman–Crippen MR) is 191 cm³/mol. The number of fused-ring (bicyclic) bond motifs is 3. The number of ketones is 2.